The van der Waals surface area contributed by atoms with Gasteiger partial charge in [0.2, 0.25) is 0 Å². The van der Waals surface area contributed by atoms with Gasteiger partial charge in [-0.3, -0.25) is 0 Å². The lowest BCUT2D eigenvalue weighted by atomic mass is 10.1. The number of para-hydroxylation sites is 1. The van der Waals surface area contributed by atoms with Gasteiger partial charge in [-0.25, -0.2) is 9.59 Å². The van der Waals surface area contributed by atoms with Crippen molar-refractivity contribution in [2.75, 3.05) is 0 Å². The molecule has 0 aliphatic rings. The molecule has 1 atom stereocenters. The fraction of sp³-hybridized carbons (Fsp3) is 0.286. The second-order valence-corrected chi connectivity index (χ2v) is 4.47. The first-order chi connectivity index (χ1) is 9.45. The smallest absolute Gasteiger partial charge is 0.344 e. The van der Waals surface area contributed by atoms with Crippen LogP contribution in [0, 0.1) is 0 Å². The van der Waals surface area contributed by atoms with Crippen LogP contribution in [0.3, 0.4) is 0 Å². The van der Waals surface area contributed by atoms with E-state index in [1.165, 1.54) is 6.08 Å². The molecule has 0 bridgehead atoms. The molecule has 0 spiro atoms. The largest absolute Gasteiger partial charge is 0.479 e. The van der Waals surface area contributed by atoms with E-state index in [0.717, 1.165) is 6.08 Å². The van der Waals surface area contributed by atoms with Crippen molar-refractivity contribution in [1.82, 2.24) is 0 Å². The highest BCUT2D eigenvalue weighted by atomic mass is 35.5. The molecule has 0 saturated carbocycles. The van der Waals surface area contributed by atoms with Crippen LogP contribution in [0.5, 0.6) is 5.75 Å². The fourth-order valence-corrected chi connectivity index (χ4v) is 1.81. The summed E-state index contributed by atoms with van der Waals surface area (Å²) in [7, 11) is 0. The maximum Gasteiger partial charge on any atom is 0.344 e. The highest BCUT2D eigenvalue weighted by molar-refractivity contribution is 6.32. The lowest BCUT2D eigenvalue weighted by molar-refractivity contribution is -0.145. The average molecular weight is 299 g/mol. The Hall–Kier alpha value is -2.01. The Kier molecular flexibility index (Phi) is 6.06. The van der Waals surface area contributed by atoms with Gasteiger partial charge >= 0.3 is 11.9 Å². The molecular weight excluding hydrogens is 284 g/mol. The minimum Gasteiger partial charge on any atom is -0.479 e. The van der Waals surface area contributed by atoms with Crippen molar-refractivity contribution in [3.8, 4) is 5.75 Å². The van der Waals surface area contributed by atoms with Crippen LogP contribution in [-0.2, 0) is 9.59 Å². The number of carboxylic acid groups (broad SMARTS) is 2. The van der Waals surface area contributed by atoms with Gasteiger partial charge < -0.3 is 14.9 Å². The summed E-state index contributed by atoms with van der Waals surface area (Å²) in [5.41, 5.74) is 0.419. The standard InChI is InChI=1S/C14H15ClO5/c1-2-4-11(14(18)19)20-13-9(7-8-12(16)17)5-3-6-10(13)15/h3,5-8,11H,2,4H2,1H3,(H,16,17)(H,18,19)/b8-7+. The molecule has 2 N–H and O–H groups in total. The second kappa shape index (κ2) is 7.55. The predicted octanol–water partition coefficient (Wildman–Crippen LogP) is 3.07. The normalized spacial score (nSPS) is 12.3. The first-order valence-corrected chi connectivity index (χ1v) is 6.42. The topological polar surface area (TPSA) is 83.8 Å². The van der Waals surface area contributed by atoms with Crippen molar-refractivity contribution in [3.63, 3.8) is 0 Å². The van der Waals surface area contributed by atoms with Crippen molar-refractivity contribution in [1.29, 1.82) is 0 Å². The van der Waals surface area contributed by atoms with Crippen LogP contribution in [0.1, 0.15) is 25.3 Å². The van der Waals surface area contributed by atoms with E-state index in [1.807, 2.05) is 6.92 Å². The molecule has 5 nitrogen and oxygen atoms in total. The van der Waals surface area contributed by atoms with Crippen LogP contribution in [0.4, 0.5) is 0 Å². The van der Waals surface area contributed by atoms with E-state index in [1.54, 1.807) is 18.2 Å². The lowest BCUT2D eigenvalue weighted by Crippen LogP contribution is -2.27. The minimum absolute atomic E-state index is 0.174. The van der Waals surface area contributed by atoms with E-state index >= 15 is 0 Å². The Morgan fingerprint density at radius 2 is 2.10 bits per heavy atom. The van der Waals surface area contributed by atoms with E-state index in [2.05, 4.69) is 0 Å². The maximum absolute atomic E-state index is 11.1. The van der Waals surface area contributed by atoms with Crippen LogP contribution >= 0.6 is 11.6 Å². The summed E-state index contributed by atoms with van der Waals surface area (Å²) in [6.07, 6.45) is 2.21. The van der Waals surface area contributed by atoms with Crippen molar-refractivity contribution in [2.24, 2.45) is 0 Å². The Morgan fingerprint density at radius 1 is 1.40 bits per heavy atom. The van der Waals surface area contributed by atoms with Crippen molar-refractivity contribution < 1.29 is 24.5 Å². The minimum atomic E-state index is -1.11. The number of carboxylic acids is 2. The monoisotopic (exact) mass is 298 g/mol. The highest BCUT2D eigenvalue weighted by Gasteiger charge is 2.20. The molecule has 0 aliphatic heterocycles. The van der Waals surface area contributed by atoms with Gasteiger partial charge in [-0.2, -0.15) is 0 Å². The van der Waals surface area contributed by atoms with Gasteiger partial charge in [0.25, 0.3) is 0 Å². The number of benzene rings is 1. The summed E-state index contributed by atoms with van der Waals surface area (Å²) in [6, 6.07) is 4.79. The Balaban J connectivity index is 3.08. The number of hydrogen-bond donors (Lipinski definition) is 2. The zero-order valence-electron chi connectivity index (χ0n) is 10.9. The molecule has 1 unspecified atom stereocenters. The first-order valence-electron chi connectivity index (χ1n) is 6.04. The number of rotatable bonds is 7. The molecule has 0 amide bonds. The zero-order valence-corrected chi connectivity index (χ0v) is 11.6. The van der Waals surface area contributed by atoms with Gasteiger partial charge in [0.15, 0.2) is 6.10 Å². The molecule has 108 valence electrons. The van der Waals surface area contributed by atoms with Gasteiger partial charge in [-0.15, -0.1) is 0 Å². The Morgan fingerprint density at radius 3 is 2.65 bits per heavy atom. The van der Waals surface area contributed by atoms with Crippen LogP contribution in [0.25, 0.3) is 6.08 Å². The number of hydrogen-bond acceptors (Lipinski definition) is 3. The fourth-order valence-electron chi connectivity index (χ4n) is 1.58. The average Bonchev–Trinajstić information content (AvgIpc) is 2.38. The molecule has 20 heavy (non-hydrogen) atoms. The second-order valence-electron chi connectivity index (χ2n) is 4.06. The van der Waals surface area contributed by atoms with E-state index in [0.29, 0.717) is 18.4 Å². The lowest BCUT2D eigenvalue weighted by Gasteiger charge is -2.17. The molecule has 6 heteroatoms. The maximum atomic E-state index is 11.1. The van der Waals surface area contributed by atoms with E-state index in [-0.39, 0.29) is 10.8 Å². The summed E-state index contributed by atoms with van der Waals surface area (Å²) in [5.74, 6) is -2.02. The number of carbonyl (C=O) groups is 2. The van der Waals surface area contributed by atoms with Gasteiger partial charge in [0.05, 0.1) is 5.02 Å². The molecule has 0 fully saturated rings. The zero-order chi connectivity index (χ0) is 15.1. The molecule has 0 aliphatic carbocycles. The third-order valence-corrected chi connectivity index (χ3v) is 2.79. The van der Waals surface area contributed by atoms with Crippen molar-refractivity contribution >= 4 is 29.6 Å². The van der Waals surface area contributed by atoms with Crippen LogP contribution < -0.4 is 4.74 Å². The van der Waals surface area contributed by atoms with Crippen LogP contribution in [-0.4, -0.2) is 28.3 Å². The summed E-state index contributed by atoms with van der Waals surface area (Å²) < 4.78 is 5.43. The first kappa shape index (κ1) is 16.0. The molecular formula is C14H15ClO5. The van der Waals surface area contributed by atoms with E-state index in [4.69, 9.17) is 26.6 Å². The van der Waals surface area contributed by atoms with Gasteiger partial charge in [0, 0.05) is 11.6 Å². The molecule has 1 aromatic rings. The van der Waals surface area contributed by atoms with Gasteiger partial charge in [-0.1, -0.05) is 37.1 Å². The third kappa shape index (κ3) is 4.59. The Labute approximate surface area is 121 Å². The Bertz CT molecular complexity index is 524. The summed E-state index contributed by atoms with van der Waals surface area (Å²) in [5, 5.41) is 18.0. The van der Waals surface area contributed by atoms with E-state index < -0.39 is 18.0 Å². The summed E-state index contributed by atoms with van der Waals surface area (Å²) in [6.45, 7) is 1.84. The SMILES string of the molecule is CCCC(Oc1c(Cl)cccc1/C=C/C(=O)O)C(=O)O. The molecule has 0 radical (unpaired) electrons. The number of aliphatic carboxylic acids is 2. The third-order valence-electron chi connectivity index (χ3n) is 2.49. The van der Waals surface area contributed by atoms with Gasteiger partial charge in [-0.05, 0) is 18.6 Å². The van der Waals surface area contributed by atoms with Crippen molar-refractivity contribution in [2.45, 2.75) is 25.9 Å². The van der Waals surface area contributed by atoms with Crippen LogP contribution in [0.15, 0.2) is 24.3 Å². The quantitative estimate of drug-likeness (QED) is 0.756. The van der Waals surface area contributed by atoms with Crippen molar-refractivity contribution in [3.05, 3.63) is 34.9 Å². The van der Waals surface area contributed by atoms with Gasteiger partial charge in [0.1, 0.15) is 5.75 Å². The van der Waals surface area contributed by atoms with Crippen LogP contribution in [0.2, 0.25) is 5.02 Å². The molecule has 1 aromatic carbocycles. The molecule has 0 aromatic heterocycles. The molecule has 0 heterocycles. The predicted molar refractivity (Wildman–Crippen MR) is 75.1 cm³/mol. The number of halogens is 1. The summed E-state index contributed by atoms with van der Waals surface area (Å²) in [4.78, 5) is 21.6. The molecule has 1 rings (SSSR count). The summed E-state index contributed by atoms with van der Waals surface area (Å²) >= 11 is 5.99. The highest BCUT2D eigenvalue weighted by Crippen LogP contribution is 2.31. The van der Waals surface area contributed by atoms with E-state index in [9.17, 15) is 9.59 Å². The molecule has 0 saturated heterocycles. The number of ether oxygens (including phenoxy) is 1.